The van der Waals surface area contributed by atoms with Crippen molar-refractivity contribution in [3.05, 3.63) is 118 Å². The monoisotopic (exact) mass is 457 g/mol. The highest BCUT2D eigenvalue weighted by molar-refractivity contribution is 6.35. The summed E-state index contributed by atoms with van der Waals surface area (Å²) in [6.45, 7) is 6.31. The predicted molar refractivity (Wildman–Crippen MR) is 135 cm³/mol. The summed E-state index contributed by atoms with van der Waals surface area (Å²) in [6.07, 6.45) is 2.28. The number of rotatable bonds is 4. The van der Waals surface area contributed by atoms with Crippen LogP contribution in [0.4, 0.5) is 0 Å². The zero-order valence-electron chi connectivity index (χ0n) is 18.8. The first-order chi connectivity index (χ1) is 16.2. The van der Waals surface area contributed by atoms with Gasteiger partial charge in [0, 0.05) is 36.7 Å². The maximum Gasteiger partial charge on any atom is 0.153 e. The van der Waals surface area contributed by atoms with E-state index in [4.69, 9.17) is 21.1 Å². The number of halogens is 1. The van der Waals surface area contributed by atoms with Gasteiger partial charge in [0.15, 0.2) is 5.76 Å². The Balaban J connectivity index is 1.68. The average Bonchev–Trinajstić information content (AvgIpc) is 2.99. The number of morpholine rings is 1. The molecular weight excluding hydrogens is 430 g/mol. The summed E-state index contributed by atoms with van der Waals surface area (Å²) in [5, 5.41) is 0.664. The Morgan fingerprint density at radius 3 is 2.36 bits per heavy atom. The molecule has 0 aliphatic carbocycles. The molecule has 33 heavy (non-hydrogen) atoms. The first-order valence-corrected chi connectivity index (χ1v) is 11.9. The Hall–Kier alpha value is -2.85. The molecule has 0 spiro atoms. The standard InChI is InChI=1S/C29H28ClNO2/c1-21-11-13-23(14-12-21)29-28(30)25(15-16-31-17-19-32-20-18-31)27(22-7-3-2-4-8-22)24-9-5-6-10-26(24)33-29/h2-15,27H,16-20H2,1H3. The van der Waals surface area contributed by atoms with Crippen molar-refractivity contribution in [3.8, 4) is 5.75 Å². The van der Waals surface area contributed by atoms with Gasteiger partial charge in [-0.2, -0.15) is 0 Å². The topological polar surface area (TPSA) is 21.7 Å². The van der Waals surface area contributed by atoms with E-state index in [9.17, 15) is 0 Å². The first-order valence-electron chi connectivity index (χ1n) is 11.5. The number of hydrogen-bond donors (Lipinski definition) is 0. The van der Waals surface area contributed by atoms with Crippen LogP contribution in [0, 0.1) is 6.92 Å². The molecule has 3 aromatic carbocycles. The van der Waals surface area contributed by atoms with E-state index in [-0.39, 0.29) is 5.92 Å². The molecule has 1 unspecified atom stereocenters. The molecule has 3 aromatic rings. The van der Waals surface area contributed by atoms with Gasteiger partial charge >= 0.3 is 0 Å². The van der Waals surface area contributed by atoms with Crippen molar-refractivity contribution in [2.45, 2.75) is 12.8 Å². The summed E-state index contributed by atoms with van der Waals surface area (Å²) in [6, 6.07) is 27.2. The van der Waals surface area contributed by atoms with E-state index < -0.39 is 0 Å². The van der Waals surface area contributed by atoms with Gasteiger partial charge in [0.25, 0.3) is 0 Å². The lowest BCUT2D eigenvalue weighted by Gasteiger charge is -2.27. The third kappa shape index (κ3) is 4.77. The van der Waals surface area contributed by atoms with Crippen molar-refractivity contribution in [3.63, 3.8) is 0 Å². The third-order valence-corrected chi connectivity index (χ3v) is 6.72. The third-order valence-electron chi connectivity index (χ3n) is 6.33. The zero-order valence-corrected chi connectivity index (χ0v) is 19.6. The van der Waals surface area contributed by atoms with E-state index in [1.165, 1.54) is 11.1 Å². The fourth-order valence-electron chi connectivity index (χ4n) is 4.51. The predicted octanol–water partition coefficient (Wildman–Crippen LogP) is 6.39. The van der Waals surface area contributed by atoms with Crippen molar-refractivity contribution >= 4 is 17.4 Å². The summed E-state index contributed by atoms with van der Waals surface area (Å²) in [4.78, 5) is 2.41. The fraction of sp³-hybridized carbons (Fsp3) is 0.241. The Labute approximate surface area is 200 Å². The van der Waals surface area contributed by atoms with E-state index >= 15 is 0 Å². The van der Waals surface area contributed by atoms with Gasteiger partial charge in [-0.3, -0.25) is 4.90 Å². The van der Waals surface area contributed by atoms with Gasteiger partial charge in [0.1, 0.15) is 5.75 Å². The van der Waals surface area contributed by atoms with Crippen LogP contribution in [-0.2, 0) is 4.74 Å². The second kappa shape index (κ2) is 9.96. The number of benzene rings is 3. The van der Waals surface area contributed by atoms with E-state index in [0.717, 1.165) is 55.3 Å². The minimum atomic E-state index is -0.0149. The molecule has 3 nitrogen and oxygen atoms in total. The summed E-state index contributed by atoms with van der Waals surface area (Å²) in [5.74, 6) is 1.53. The van der Waals surface area contributed by atoms with Crippen LogP contribution in [0.1, 0.15) is 28.2 Å². The molecule has 5 rings (SSSR count). The lowest BCUT2D eigenvalue weighted by molar-refractivity contribution is 0.0433. The molecule has 0 N–H and O–H groups in total. The minimum absolute atomic E-state index is 0.0149. The van der Waals surface area contributed by atoms with E-state index in [0.29, 0.717) is 10.8 Å². The van der Waals surface area contributed by atoms with Crippen LogP contribution in [0.2, 0.25) is 0 Å². The molecule has 2 heterocycles. The van der Waals surface area contributed by atoms with Gasteiger partial charge in [-0.25, -0.2) is 0 Å². The van der Waals surface area contributed by atoms with Gasteiger partial charge in [-0.1, -0.05) is 96.0 Å². The largest absolute Gasteiger partial charge is 0.455 e. The number of allylic oxidation sites excluding steroid dienone is 2. The number of nitrogens with zero attached hydrogens (tertiary/aromatic N) is 1. The second-order valence-electron chi connectivity index (χ2n) is 8.57. The highest BCUT2D eigenvalue weighted by atomic mass is 35.5. The van der Waals surface area contributed by atoms with Crippen LogP contribution in [0.5, 0.6) is 5.75 Å². The highest BCUT2D eigenvalue weighted by Crippen LogP contribution is 2.47. The molecule has 4 heteroatoms. The molecular formula is C29H28ClNO2. The van der Waals surface area contributed by atoms with Crippen molar-refractivity contribution in [1.29, 1.82) is 0 Å². The van der Waals surface area contributed by atoms with Gasteiger partial charge in [-0.15, -0.1) is 0 Å². The molecule has 0 saturated carbocycles. The summed E-state index contributed by atoms with van der Waals surface area (Å²) >= 11 is 7.22. The molecule has 1 fully saturated rings. The molecule has 0 aromatic heterocycles. The average molecular weight is 458 g/mol. The van der Waals surface area contributed by atoms with Gasteiger partial charge in [0.2, 0.25) is 0 Å². The lowest BCUT2D eigenvalue weighted by Crippen LogP contribution is -2.36. The Morgan fingerprint density at radius 2 is 1.61 bits per heavy atom. The number of fused-ring (bicyclic) bond motifs is 1. The Bertz CT molecular complexity index is 1160. The normalized spacial score (nSPS) is 20.3. The molecule has 1 saturated heterocycles. The summed E-state index contributed by atoms with van der Waals surface area (Å²) < 4.78 is 12.1. The molecule has 1 atom stereocenters. The van der Waals surface area contributed by atoms with Crippen LogP contribution < -0.4 is 4.74 Å². The van der Waals surface area contributed by atoms with Crippen molar-refractivity contribution in [2.75, 3.05) is 32.8 Å². The van der Waals surface area contributed by atoms with E-state index in [2.05, 4.69) is 84.6 Å². The SMILES string of the molecule is Cc1ccc(C2=C(Cl)C(=CCN3CCOCC3)C(c3ccccc3)c3ccccc3O2)cc1. The van der Waals surface area contributed by atoms with Crippen LogP contribution in [0.3, 0.4) is 0 Å². The molecule has 0 amide bonds. The zero-order chi connectivity index (χ0) is 22.6. The maximum absolute atomic E-state index is 7.22. The van der Waals surface area contributed by atoms with Gasteiger partial charge in [0.05, 0.1) is 18.2 Å². The van der Waals surface area contributed by atoms with Crippen LogP contribution in [0.15, 0.2) is 95.5 Å². The van der Waals surface area contributed by atoms with Crippen LogP contribution in [-0.4, -0.2) is 37.7 Å². The number of para-hydroxylation sites is 1. The maximum atomic E-state index is 7.22. The number of ether oxygens (including phenoxy) is 2. The van der Waals surface area contributed by atoms with Crippen LogP contribution >= 0.6 is 11.6 Å². The van der Waals surface area contributed by atoms with Crippen LogP contribution in [0.25, 0.3) is 5.76 Å². The van der Waals surface area contributed by atoms with Gasteiger partial charge in [-0.05, 0) is 24.1 Å². The molecule has 2 aliphatic rings. The van der Waals surface area contributed by atoms with Crippen molar-refractivity contribution < 1.29 is 9.47 Å². The minimum Gasteiger partial charge on any atom is -0.455 e. The van der Waals surface area contributed by atoms with E-state index in [1.54, 1.807) is 0 Å². The number of hydrogen-bond acceptors (Lipinski definition) is 3. The molecule has 0 radical (unpaired) electrons. The molecule has 168 valence electrons. The Kier molecular flexibility index (Phi) is 6.63. The number of aryl methyl sites for hydroxylation is 1. The van der Waals surface area contributed by atoms with Crippen molar-refractivity contribution in [1.82, 2.24) is 4.90 Å². The quantitative estimate of drug-likeness (QED) is 0.453. The molecule has 0 bridgehead atoms. The Morgan fingerprint density at radius 1 is 0.909 bits per heavy atom. The highest BCUT2D eigenvalue weighted by Gasteiger charge is 2.31. The molecule has 2 aliphatic heterocycles. The van der Waals surface area contributed by atoms with E-state index in [1.807, 2.05) is 12.1 Å². The lowest BCUT2D eigenvalue weighted by atomic mass is 9.84. The van der Waals surface area contributed by atoms with Gasteiger partial charge < -0.3 is 9.47 Å². The second-order valence-corrected chi connectivity index (χ2v) is 8.94. The summed E-state index contributed by atoms with van der Waals surface area (Å²) in [7, 11) is 0. The smallest absolute Gasteiger partial charge is 0.153 e. The van der Waals surface area contributed by atoms with Crippen molar-refractivity contribution in [2.24, 2.45) is 0 Å². The summed E-state index contributed by atoms with van der Waals surface area (Å²) in [5.41, 5.74) is 5.58. The first kappa shape index (κ1) is 22.0. The fourth-order valence-corrected chi connectivity index (χ4v) is 4.84.